The maximum atomic E-state index is 12.4. The van der Waals surface area contributed by atoms with Crippen LogP contribution in [0.4, 0.5) is 4.79 Å². The number of hydrogen-bond donors (Lipinski definition) is 0. The van der Waals surface area contributed by atoms with Gasteiger partial charge in [0.15, 0.2) is 0 Å². The van der Waals surface area contributed by atoms with E-state index in [0.29, 0.717) is 0 Å². The van der Waals surface area contributed by atoms with Crippen molar-refractivity contribution < 1.29 is 9.53 Å². The van der Waals surface area contributed by atoms with Crippen molar-refractivity contribution in [1.29, 1.82) is 0 Å². The van der Waals surface area contributed by atoms with Gasteiger partial charge in [-0.15, -0.1) is 0 Å². The van der Waals surface area contributed by atoms with Crippen molar-refractivity contribution in [2.45, 2.75) is 51.7 Å². The minimum Gasteiger partial charge on any atom is -0.444 e. The van der Waals surface area contributed by atoms with Crippen molar-refractivity contribution in [2.24, 2.45) is 0 Å². The van der Waals surface area contributed by atoms with Gasteiger partial charge in [0.25, 0.3) is 0 Å². The minimum absolute atomic E-state index is 0.0380. The number of amides is 1. The molecule has 1 atom stereocenters. The quantitative estimate of drug-likeness (QED) is 0.802. The molecule has 0 unspecified atom stereocenters. The number of carbonyl (C=O) groups is 1. The van der Waals surface area contributed by atoms with Crippen LogP contribution in [0.1, 0.15) is 45.6 Å². The van der Waals surface area contributed by atoms with Gasteiger partial charge in [-0.3, -0.25) is 0 Å². The number of piperidine rings is 1. The zero-order valence-corrected chi connectivity index (χ0v) is 13.3. The van der Waals surface area contributed by atoms with E-state index < -0.39 is 5.60 Å². The molecule has 1 aliphatic heterocycles. The van der Waals surface area contributed by atoms with E-state index in [4.69, 9.17) is 4.74 Å². The molecule has 1 heterocycles. The number of carbonyl (C=O) groups excluding carboxylic acids is 1. The first-order valence-corrected chi connectivity index (χ1v) is 7.62. The number of rotatable bonds is 2. The van der Waals surface area contributed by atoms with Crippen LogP contribution in [0.25, 0.3) is 5.57 Å². The molecule has 1 aromatic carbocycles. The van der Waals surface area contributed by atoms with Crippen LogP contribution < -0.4 is 0 Å². The zero-order valence-electron chi connectivity index (χ0n) is 13.3. The topological polar surface area (TPSA) is 29.5 Å². The fourth-order valence-corrected chi connectivity index (χ4v) is 2.68. The van der Waals surface area contributed by atoms with Gasteiger partial charge >= 0.3 is 6.09 Å². The Hall–Kier alpha value is -1.77. The van der Waals surface area contributed by atoms with Crippen molar-refractivity contribution in [1.82, 2.24) is 4.90 Å². The summed E-state index contributed by atoms with van der Waals surface area (Å²) in [5.74, 6) is 0. The van der Waals surface area contributed by atoms with Crippen LogP contribution in [0.3, 0.4) is 0 Å². The molecule has 3 nitrogen and oxygen atoms in total. The third-order valence-electron chi connectivity index (χ3n) is 3.68. The molecular weight excluding hydrogens is 262 g/mol. The summed E-state index contributed by atoms with van der Waals surface area (Å²) >= 11 is 0. The van der Waals surface area contributed by atoms with E-state index in [0.717, 1.165) is 36.9 Å². The molecule has 21 heavy (non-hydrogen) atoms. The Kier molecular flexibility index (Phi) is 4.71. The lowest BCUT2D eigenvalue weighted by atomic mass is 9.92. The summed E-state index contributed by atoms with van der Waals surface area (Å²) in [5.41, 5.74) is 1.63. The zero-order chi connectivity index (χ0) is 15.5. The van der Waals surface area contributed by atoms with Crippen LogP contribution in [0, 0.1) is 0 Å². The molecule has 0 aromatic heterocycles. The van der Waals surface area contributed by atoms with E-state index in [9.17, 15) is 4.79 Å². The summed E-state index contributed by atoms with van der Waals surface area (Å²) < 4.78 is 5.54. The highest BCUT2D eigenvalue weighted by Crippen LogP contribution is 2.29. The lowest BCUT2D eigenvalue weighted by molar-refractivity contribution is 0.0159. The van der Waals surface area contributed by atoms with Crippen LogP contribution in [0.2, 0.25) is 0 Å². The van der Waals surface area contributed by atoms with Crippen LogP contribution in [-0.2, 0) is 4.74 Å². The standard InChI is InChI=1S/C18H25NO2/c1-14(15-10-6-5-7-11-15)16-12-8-9-13-19(16)17(20)21-18(2,3)4/h5-7,10-11,16H,1,8-9,12-13H2,2-4H3/t16-/m0/s1. The lowest BCUT2D eigenvalue weighted by Gasteiger charge is -2.37. The predicted molar refractivity (Wildman–Crippen MR) is 86.1 cm³/mol. The van der Waals surface area contributed by atoms with Crippen molar-refractivity contribution in [3.8, 4) is 0 Å². The second-order valence-electron chi connectivity index (χ2n) is 6.58. The highest BCUT2D eigenvalue weighted by molar-refractivity contribution is 5.75. The Labute approximate surface area is 127 Å². The van der Waals surface area contributed by atoms with E-state index in [2.05, 4.69) is 6.58 Å². The Morgan fingerprint density at radius 1 is 1.24 bits per heavy atom. The van der Waals surface area contributed by atoms with Gasteiger partial charge in [0.2, 0.25) is 0 Å². The minimum atomic E-state index is -0.465. The summed E-state index contributed by atoms with van der Waals surface area (Å²) in [6.45, 7) is 10.7. The van der Waals surface area contributed by atoms with Crippen molar-refractivity contribution >= 4 is 11.7 Å². The molecule has 114 valence electrons. The number of nitrogens with zero attached hydrogens (tertiary/aromatic N) is 1. The summed E-state index contributed by atoms with van der Waals surface area (Å²) in [4.78, 5) is 14.3. The van der Waals surface area contributed by atoms with Crippen LogP contribution in [-0.4, -0.2) is 29.2 Å². The summed E-state index contributed by atoms with van der Waals surface area (Å²) in [5, 5.41) is 0. The first-order chi connectivity index (χ1) is 9.88. The number of likely N-dealkylation sites (tertiary alicyclic amines) is 1. The molecule has 2 rings (SSSR count). The van der Waals surface area contributed by atoms with Gasteiger partial charge in [-0.1, -0.05) is 36.9 Å². The third-order valence-corrected chi connectivity index (χ3v) is 3.68. The highest BCUT2D eigenvalue weighted by atomic mass is 16.6. The fourth-order valence-electron chi connectivity index (χ4n) is 2.68. The normalized spacial score (nSPS) is 19.2. The van der Waals surface area contributed by atoms with Gasteiger partial charge in [0.05, 0.1) is 6.04 Å². The SMILES string of the molecule is C=C(c1ccccc1)[C@@H]1CCCCN1C(=O)OC(C)(C)C. The molecular formula is C18H25NO2. The van der Waals surface area contributed by atoms with E-state index >= 15 is 0 Å². The van der Waals surface area contributed by atoms with E-state index in [1.165, 1.54) is 0 Å². The lowest BCUT2D eigenvalue weighted by Crippen LogP contribution is -2.46. The smallest absolute Gasteiger partial charge is 0.410 e. The Bertz CT molecular complexity index is 502. The summed E-state index contributed by atoms with van der Waals surface area (Å²) in [6, 6.07) is 10.1. The molecule has 0 spiro atoms. The van der Waals surface area contributed by atoms with Gasteiger partial charge in [0, 0.05) is 6.54 Å². The molecule has 1 fully saturated rings. The fraction of sp³-hybridized carbons (Fsp3) is 0.500. The molecule has 0 aliphatic carbocycles. The van der Waals surface area contributed by atoms with Gasteiger partial charge in [-0.2, -0.15) is 0 Å². The maximum Gasteiger partial charge on any atom is 0.410 e. The van der Waals surface area contributed by atoms with Gasteiger partial charge < -0.3 is 9.64 Å². The molecule has 0 saturated carbocycles. The maximum absolute atomic E-state index is 12.4. The first-order valence-electron chi connectivity index (χ1n) is 7.62. The molecule has 0 radical (unpaired) electrons. The molecule has 1 aromatic rings. The van der Waals surface area contributed by atoms with Gasteiger partial charge in [-0.25, -0.2) is 4.79 Å². The van der Waals surface area contributed by atoms with Crippen molar-refractivity contribution in [3.05, 3.63) is 42.5 Å². The predicted octanol–water partition coefficient (Wildman–Crippen LogP) is 4.49. The average Bonchev–Trinajstić information content (AvgIpc) is 2.45. The monoisotopic (exact) mass is 287 g/mol. The van der Waals surface area contributed by atoms with E-state index in [1.807, 2.05) is 56.0 Å². The Morgan fingerprint density at radius 3 is 2.52 bits per heavy atom. The molecule has 0 N–H and O–H groups in total. The molecule has 0 bridgehead atoms. The number of hydrogen-bond acceptors (Lipinski definition) is 2. The summed E-state index contributed by atoms with van der Waals surface area (Å²) in [7, 11) is 0. The molecule has 1 saturated heterocycles. The Balaban J connectivity index is 2.16. The van der Waals surface area contributed by atoms with E-state index in [1.54, 1.807) is 0 Å². The largest absolute Gasteiger partial charge is 0.444 e. The molecule has 3 heteroatoms. The van der Waals surface area contributed by atoms with Crippen LogP contribution >= 0.6 is 0 Å². The number of benzene rings is 1. The molecule has 1 aliphatic rings. The van der Waals surface area contributed by atoms with Gasteiger partial charge in [-0.05, 0) is 51.2 Å². The van der Waals surface area contributed by atoms with Crippen molar-refractivity contribution in [2.75, 3.05) is 6.54 Å². The molecule has 1 amide bonds. The first kappa shape index (κ1) is 15.6. The van der Waals surface area contributed by atoms with Crippen LogP contribution in [0.5, 0.6) is 0 Å². The van der Waals surface area contributed by atoms with E-state index in [-0.39, 0.29) is 12.1 Å². The average molecular weight is 287 g/mol. The highest BCUT2D eigenvalue weighted by Gasteiger charge is 2.32. The second kappa shape index (κ2) is 6.33. The van der Waals surface area contributed by atoms with Crippen LogP contribution in [0.15, 0.2) is 36.9 Å². The Morgan fingerprint density at radius 2 is 1.90 bits per heavy atom. The number of ether oxygens (including phenoxy) is 1. The third kappa shape index (κ3) is 4.10. The second-order valence-corrected chi connectivity index (χ2v) is 6.58. The van der Waals surface area contributed by atoms with Crippen molar-refractivity contribution in [3.63, 3.8) is 0 Å². The van der Waals surface area contributed by atoms with Gasteiger partial charge in [0.1, 0.15) is 5.60 Å². The summed E-state index contributed by atoms with van der Waals surface area (Å²) in [6.07, 6.45) is 2.87.